The van der Waals surface area contributed by atoms with E-state index in [4.69, 9.17) is 10.8 Å². The number of unbranched alkanes of at least 4 members (excludes halogenated alkanes) is 11. The molecule has 0 aromatic carbocycles. The Bertz CT molecular complexity index is 197. The fourth-order valence-electron chi connectivity index (χ4n) is 2.53. The molecule has 22 heavy (non-hydrogen) atoms. The minimum absolute atomic E-state index is 0. The lowest BCUT2D eigenvalue weighted by atomic mass is 10.0. The first-order chi connectivity index (χ1) is 9.72. The molecule has 5 heteroatoms. The molecule has 2 atom stereocenters. The van der Waals surface area contributed by atoms with Crippen LogP contribution in [0, 0.1) is 0 Å². The number of nitrogens with two attached hydrogens (primary N) is 1. The minimum Gasteiger partial charge on any atom is -0.395 e. The number of aliphatic hydroxyl groups excluding tert-OH is 2. The van der Waals surface area contributed by atoms with Gasteiger partial charge in [0.15, 0.2) is 0 Å². The van der Waals surface area contributed by atoms with Crippen molar-refractivity contribution in [1.82, 2.24) is 0 Å². The van der Waals surface area contributed by atoms with Crippen LogP contribution in [0.25, 0.3) is 0 Å². The fraction of sp³-hybridized carbons (Fsp3) is 1.00. The van der Waals surface area contributed by atoms with E-state index in [1.54, 1.807) is 0 Å². The average Bonchev–Trinajstić information content (AvgIpc) is 2.47. The lowest BCUT2D eigenvalue weighted by Gasteiger charge is -2.15. The van der Waals surface area contributed by atoms with E-state index in [1.165, 1.54) is 70.6 Å². The number of hydrogen-bond donors (Lipinski definition) is 3. The molecule has 4 N–H and O–H groups in total. The largest absolute Gasteiger partial charge is 0.395 e. The SMILES string of the molecule is CCCCCCCCCCCCCC[C@H](O)[C@@H](N)CO.S.S. The zero-order valence-electron chi connectivity index (χ0n) is 14.5. The van der Waals surface area contributed by atoms with Gasteiger partial charge in [-0.25, -0.2) is 0 Å². The van der Waals surface area contributed by atoms with E-state index in [1.807, 2.05) is 0 Å². The highest BCUT2D eigenvalue weighted by Crippen LogP contribution is 2.13. The summed E-state index contributed by atoms with van der Waals surface area (Å²) in [5.41, 5.74) is 5.56. The molecule has 0 rings (SSSR count). The van der Waals surface area contributed by atoms with Crippen molar-refractivity contribution in [3.05, 3.63) is 0 Å². The predicted octanol–water partition coefficient (Wildman–Crippen LogP) is 3.98. The molecule has 138 valence electrons. The van der Waals surface area contributed by atoms with Crippen molar-refractivity contribution >= 4 is 27.0 Å². The molecule has 0 saturated heterocycles. The van der Waals surface area contributed by atoms with Gasteiger partial charge in [0.1, 0.15) is 0 Å². The summed E-state index contributed by atoms with van der Waals surface area (Å²) < 4.78 is 0. The van der Waals surface area contributed by atoms with Gasteiger partial charge < -0.3 is 15.9 Å². The molecule has 0 aromatic heterocycles. The molecule has 0 amide bonds. The Morgan fingerprint density at radius 3 is 1.45 bits per heavy atom. The standard InChI is InChI=1S/C17H37NO2.2H2S/c1-2-3-4-5-6-7-8-9-10-11-12-13-14-17(20)16(18)15-19;;/h16-17,19-20H,2-15,18H2,1H3;2*1H2/t16-,17-;;/m0../s1. The molecular weight excluding hydrogens is 314 g/mol. The summed E-state index contributed by atoms with van der Waals surface area (Å²) >= 11 is 0. The summed E-state index contributed by atoms with van der Waals surface area (Å²) in [4.78, 5) is 0. The van der Waals surface area contributed by atoms with E-state index in [0.717, 1.165) is 12.8 Å². The van der Waals surface area contributed by atoms with E-state index < -0.39 is 12.1 Å². The summed E-state index contributed by atoms with van der Waals surface area (Å²) in [6.07, 6.45) is 16.0. The maximum Gasteiger partial charge on any atom is 0.0713 e. The first-order valence-electron chi connectivity index (χ1n) is 8.76. The summed E-state index contributed by atoms with van der Waals surface area (Å²) in [5.74, 6) is 0. The molecule has 0 heterocycles. The zero-order chi connectivity index (χ0) is 15.1. The van der Waals surface area contributed by atoms with Gasteiger partial charge in [-0.1, -0.05) is 84.0 Å². The van der Waals surface area contributed by atoms with Gasteiger partial charge in [-0.15, -0.1) is 0 Å². The first kappa shape index (κ1) is 27.4. The summed E-state index contributed by atoms with van der Waals surface area (Å²) in [6.45, 7) is 2.13. The van der Waals surface area contributed by atoms with Crippen molar-refractivity contribution in [2.75, 3.05) is 6.61 Å². The summed E-state index contributed by atoms with van der Waals surface area (Å²) in [6, 6.07) is -0.470. The van der Waals surface area contributed by atoms with Gasteiger partial charge >= 0.3 is 0 Å². The van der Waals surface area contributed by atoms with Crippen molar-refractivity contribution in [3.8, 4) is 0 Å². The van der Waals surface area contributed by atoms with Crippen molar-refractivity contribution in [3.63, 3.8) is 0 Å². The van der Waals surface area contributed by atoms with Crippen molar-refractivity contribution in [2.45, 2.75) is 103 Å². The molecule has 0 aliphatic rings. The van der Waals surface area contributed by atoms with Crippen molar-refractivity contribution < 1.29 is 10.2 Å². The zero-order valence-corrected chi connectivity index (χ0v) is 16.5. The summed E-state index contributed by atoms with van der Waals surface area (Å²) in [7, 11) is 0. The molecule has 0 bridgehead atoms. The Hall–Kier alpha value is 0.580. The topological polar surface area (TPSA) is 66.5 Å². The molecule has 0 aliphatic carbocycles. The lowest BCUT2D eigenvalue weighted by molar-refractivity contribution is 0.0990. The number of aliphatic hydroxyl groups is 2. The van der Waals surface area contributed by atoms with Crippen LogP contribution in [0.15, 0.2) is 0 Å². The fourth-order valence-corrected chi connectivity index (χ4v) is 2.53. The molecule has 0 radical (unpaired) electrons. The van der Waals surface area contributed by atoms with E-state index in [9.17, 15) is 5.11 Å². The second kappa shape index (κ2) is 21.6. The highest BCUT2D eigenvalue weighted by atomic mass is 32.1. The highest BCUT2D eigenvalue weighted by Gasteiger charge is 2.12. The Morgan fingerprint density at radius 1 is 0.727 bits per heavy atom. The summed E-state index contributed by atoms with van der Waals surface area (Å²) in [5, 5.41) is 18.4. The molecule has 0 aliphatic heterocycles. The minimum atomic E-state index is -0.539. The van der Waals surface area contributed by atoms with Gasteiger partial charge in [0.25, 0.3) is 0 Å². The van der Waals surface area contributed by atoms with Crippen molar-refractivity contribution in [1.29, 1.82) is 0 Å². The normalized spacial score (nSPS) is 13.1. The molecule has 0 fully saturated rings. The molecule has 0 unspecified atom stereocenters. The maximum atomic E-state index is 9.59. The monoisotopic (exact) mass is 355 g/mol. The third kappa shape index (κ3) is 18.6. The van der Waals surface area contributed by atoms with Crippen LogP contribution in [0.5, 0.6) is 0 Å². The highest BCUT2D eigenvalue weighted by molar-refractivity contribution is 7.59. The van der Waals surface area contributed by atoms with Crippen LogP contribution in [-0.2, 0) is 0 Å². The molecule has 3 nitrogen and oxygen atoms in total. The van der Waals surface area contributed by atoms with E-state index in [2.05, 4.69) is 6.92 Å². The van der Waals surface area contributed by atoms with Gasteiger partial charge in [0.05, 0.1) is 18.8 Å². The Balaban J connectivity index is -0.00000180. The molecular formula is C17H41NO2S2. The van der Waals surface area contributed by atoms with E-state index in [0.29, 0.717) is 0 Å². The number of rotatable bonds is 15. The van der Waals surface area contributed by atoms with Gasteiger partial charge in [0.2, 0.25) is 0 Å². The second-order valence-electron chi connectivity index (χ2n) is 6.09. The molecule has 0 spiro atoms. The van der Waals surface area contributed by atoms with Gasteiger partial charge in [0, 0.05) is 0 Å². The van der Waals surface area contributed by atoms with Crippen LogP contribution in [-0.4, -0.2) is 29.0 Å². The quantitative estimate of drug-likeness (QED) is 0.389. The lowest BCUT2D eigenvalue weighted by Crippen LogP contribution is -2.37. The van der Waals surface area contributed by atoms with Gasteiger partial charge in [-0.2, -0.15) is 27.0 Å². The smallest absolute Gasteiger partial charge is 0.0713 e. The second-order valence-corrected chi connectivity index (χ2v) is 6.09. The van der Waals surface area contributed by atoms with Crippen LogP contribution in [0.1, 0.15) is 90.4 Å². The van der Waals surface area contributed by atoms with E-state index >= 15 is 0 Å². The van der Waals surface area contributed by atoms with Gasteiger partial charge in [-0.05, 0) is 6.42 Å². The Morgan fingerprint density at radius 2 is 1.09 bits per heavy atom. The van der Waals surface area contributed by atoms with Crippen LogP contribution in [0.2, 0.25) is 0 Å². The van der Waals surface area contributed by atoms with Gasteiger partial charge in [-0.3, -0.25) is 0 Å². The van der Waals surface area contributed by atoms with Crippen LogP contribution < -0.4 is 5.73 Å². The van der Waals surface area contributed by atoms with E-state index in [-0.39, 0.29) is 33.6 Å². The predicted molar refractivity (Wildman–Crippen MR) is 108 cm³/mol. The number of hydrogen-bond acceptors (Lipinski definition) is 3. The van der Waals surface area contributed by atoms with Crippen LogP contribution in [0.3, 0.4) is 0 Å². The molecule has 0 saturated carbocycles. The first-order valence-corrected chi connectivity index (χ1v) is 8.76. The third-order valence-corrected chi connectivity index (χ3v) is 4.06. The maximum absolute atomic E-state index is 9.59. The van der Waals surface area contributed by atoms with Crippen molar-refractivity contribution in [2.24, 2.45) is 5.73 Å². The average molecular weight is 356 g/mol. The Kier molecular flexibility index (Phi) is 26.9. The Labute approximate surface area is 152 Å². The third-order valence-electron chi connectivity index (χ3n) is 4.06. The van der Waals surface area contributed by atoms with Crippen LogP contribution in [0.4, 0.5) is 0 Å². The van der Waals surface area contributed by atoms with Crippen LogP contribution >= 0.6 is 27.0 Å². The molecule has 0 aromatic rings.